The van der Waals surface area contributed by atoms with Gasteiger partial charge in [0.05, 0.1) is 5.69 Å². The largest absolute Gasteiger partial charge is 0.346 e. The van der Waals surface area contributed by atoms with Crippen LogP contribution in [0.15, 0.2) is 24.3 Å². The highest BCUT2D eigenvalue weighted by Gasteiger charge is 2.18. The van der Waals surface area contributed by atoms with Gasteiger partial charge in [-0.3, -0.25) is 4.79 Å². The first-order valence-corrected chi connectivity index (χ1v) is 7.04. The number of anilines is 2. The Morgan fingerprint density at radius 1 is 1.13 bits per heavy atom. The Bertz CT molecular complexity index is 741. The van der Waals surface area contributed by atoms with Gasteiger partial charge in [-0.25, -0.2) is 18.7 Å². The van der Waals surface area contributed by atoms with Crippen molar-refractivity contribution >= 4 is 17.4 Å². The number of aromatic nitrogens is 2. The molecular formula is C16H18F2N4O. The lowest BCUT2D eigenvalue weighted by Crippen LogP contribution is -2.41. The molecule has 2 N–H and O–H groups in total. The van der Waals surface area contributed by atoms with Gasteiger partial charge in [-0.05, 0) is 39.8 Å². The van der Waals surface area contributed by atoms with E-state index in [0.717, 1.165) is 12.1 Å². The molecule has 0 radical (unpaired) electrons. The van der Waals surface area contributed by atoms with Crippen LogP contribution in [0.25, 0.3) is 0 Å². The summed E-state index contributed by atoms with van der Waals surface area (Å²) in [5.74, 6) is -1.16. The second kappa shape index (κ2) is 6.28. The molecule has 1 heterocycles. The molecule has 0 aliphatic rings. The SMILES string of the molecule is Cc1nc(Nc2ccc(F)cc2F)cc(C(=O)NC(C)(C)C)n1. The molecule has 0 bridgehead atoms. The minimum Gasteiger partial charge on any atom is -0.346 e. The van der Waals surface area contributed by atoms with Crippen molar-refractivity contribution in [3.63, 3.8) is 0 Å². The Kier molecular flexibility index (Phi) is 4.58. The summed E-state index contributed by atoms with van der Waals surface area (Å²) in [7, 11) is 0. The van der Waals surface area contributed by atoms with Gasteiger partial charge in [-0.1, -0.05) is 0 Å². The highest BCUT2D eigenvalue weighted by molar-refractivity contribution is 5.93. The van der Waals surface area contributed by atoms with Crippen molar-refractivity contribution in [2.45, 2.75) is 33.2 Å². The van der Waals surface area contributed by atoms with Gasteiger partial charge >= 0.3 is 0 Å². The summed E-state index contributed by atoms with van der Waals surface area (Å²) in [6, 6.07) is 4.57. The third-order valence-corrected chi connectivity index (χ3v) is 2.75. The highest BCUT2D eigenvalue weighted by Crippen LogP contribution is 2.20. The molecule has 2 aromatic rings. The third kappa shape index (κ3) is 4.70. The van der Waals surface area contributed by atoms with E-state index in [0.29, 0.717) is 5.82 Å². The van der Waals surface area contributed by atoms with Gasteiger partial charge in [0.2, 0.25) is 0 Å². The molecule has 5 nitrogen and oxygen atoms in total. The van der Waals surface area contributed by atoms with E-state index in [1.54, 1.807) is 6.92 Å². The molecule has 1 aromatic heterocycles. The van der Waals surface area contributed by atoms with E-state index >= 15 is 0 Å². The fourth-order valence-corrected chi connectivity index (χ4v) is 1.88. The van der Waals surface area contributed by atoms with E-state index < -0.39 is 17.2 Å². The molecule has 0 saturated heterocycles. The normalized spacial score (nSPS) is 11.2. The average Bonchev–Trinajstić information content (AvgIpc) is 2.39. The standard InChI is InChI=1S/C16H18F2N4O/c1-9-19-13(15(23)22-16(2,3)4)8-14(20-9)21-12-6-5-10(17)7-11(12)18/h5-8H,1-4H3,(H,22,23)(H,19,20,21). The molecular weight excluding hydrogens is 302 g/mol. The lowest BCUT2D eigenvalue weighted by atomic mass is 10.1. The van der Waals surface area contributed by atoms with Gasteiger partial charge in [0.15, 0.2) is 0 Å². The maximum atomic E-state index is 13.7. The number of hydrogen-bond acceptors (Lipinski definition) is 4. The van der Waals surface area contributed by atoms with Gasteiger partial charge in [-0.15, -0.1) is 0 Å². The fraction of sp³-hybridized carbons (Fsp3) is 0.312. The maximum absolute atomic E-state index is 13.7. The van der Waals surface area contributed by atoms with Crippen LogP contribution in [0.5, 0.6) is 0 Å². The summed E-state index contributed by atoms with van der Waals surface area (Å²) in [6.07, 6.45) is 0. The molecule has 0 saturated carbocycles. The molecule has 0 aliphatic carbocycles. The molecule has 122 valence electrons. The highest BCUT2D eigenvalue weighted by atomic mass is 19.1. The molecule has 0 spiro atoms. The number of aryl methyl sites for hydroxylation is 1. The van der Waals surface area contributed by atoms with Gasteiger partial charge in [-0.2, -0.15) is 0 Å². The van der Waals surface area contributed by atoms with E-state index in [2.05, 4.69) is 20.6 Å². The van der Waals surface area contributed by atoms with Crippen LogP contribution >= 0.6 is 0 Å². The topological polar surface area (TPSA) is 66.9 Å². The zero-order valence-electron chi connectivity index (χ0n) is 13.4. The van der Waals surface area contributed by atoms with Gasteiger partial charge in [0.25, 0.3) is 5.91 Å². The molecule has 0 fully saturated rings. The van der Waals surface area contributed by atoms with Gasteiger partial charge < -0.3 is 10.6 Å². The number of amides is 1. The first-order valence-electron chi connectivity index (χ1n) is 7.04. The number of hydrogen-bond donors (Lipinski definition) is 2. The number of rotatable bonds is 3. The lowest BCUT2D eigenvalue weighted by molar-refractivity contribution is 0.0914. The van der Waals surface area contributed by atoms with Crippen LogP contribution in [0.2, 0.25) is 0 Å². The first-order chi connectivity index (χ1) is 10.6. The number of carbonyl (C=O) groups excluding carboxylic acids is 1. The van der Waals surface area contributed by atoms with Crippen LogP contribution in [0.4, 0.5) is 20.3 Å². The van der Waals surface area contributed by atoms with Crippen molar-refractivity contribution in [3.8, 4) is 0 Å². The Morgan fingerprint density at radius 3 is 2.43 bits per heavy atom. The van der Waals surface area contributed by atoms with Crippen LogP contribution < -0.4 is 10.6 Å². The third-order valence-electron chi connectivity index (χ3n) is 2.75. The lowest BCUT2D eigenvalue weighted by Gasteiger charge is -2.20. The summed E-state index contributed by atoms with van der Waals surface area (Å²) in [6.45, 7) is 7.18. The summed E-state index contributed by atoms with van der Waals surface area (Å²) in [5, 5.41) is 5.52. The predicted molar refractivity (Wildman–Crippen MR) is 83.6 cm³/mol. The smallest absolute Gasteiger partial charge is 0.270 e. The van der Waals surface area contributed by atoms with Crippen LogP contribution in [0.1, 0.15) is 37.1 Å². The number of halogens is 2. The maximum Gasteiger partial charge on any atom is 0.270 e. The number of nitrogens with zero attached hydrogens (tertiary/aromatic N) is 2. The van der Waals surface area contributed by atoms with Gasteiger partial charge in [0, 0.05) is 17.7 Å². The van der Waals surface area contributed by atoms with Crippen molar-refractivity contribution < 1.29 is 13.6 Å². The number of benzene rings is 1. The predicted octanol–water partition coefficient (Wildman–Crippen LogP) is 3.34. The van der Waals surface area contributed by atoms with Crippen LogP contribution in [0, 0.1) is 18.6 Å². The summed E-state index contributed by atoms with van der Waals surface area (Å²) in [4.78, 5) is 20.4. The Morgan fingerprint density at radius 2 is 1.83 bits per heavy atom. The summed E-state index contributed by atoms with van der Waals surface area (Å²) >= 11 is 0. The molecule has 0 aliphatic heterocycles. The van der Waals surface area contributed by atoms with E-state index in [1.165, 1.54) is 12.1 Å². The second-order valence-electron chi connectivity index (χ2n) is 6.14. The van der Waals surface area contributed by atoms with Gasteiger partial charge in [0.1, 0.15) is 29.0 Å². The summed E-state index contributed by atoms with van der Waals surface area (Å²) in [5.41, 5.74) is -0.184. The quantitative estimate of drug-likeness (QED) is 0.910. The van der Waals surface area contributed by atoms with E-state index in [1.807, 2.05) is 20.8 Å². The van der Waals surface area contributed by atoms with Crippen LogP contribution in [-0.4, -0.2) is 21.4 Å². The Labute approximate surface area is 133 Å². The van der Waals surface area contributed by atoms with Crippen molar-refractivity contribution in [3.05, 3.63) is 47.4 Å². The van der Waals surface area contributed by atoms with Crippen molar-refractivity contribution in [1.82, 2.24) is 15.3 Å². The van der Waals surface area contributed by atoms with E-state index in [9.17, 15) is 13.6 Å². The number of carbonyl (C=O) groups is 1. The first kappa shape index (κ1) is 16.8. The molecule has 2 rings (SSSR count). The number of nitrogens with one attached hydrogen (secondary N) is 2. The molecule has 1 amide bonds. The molecule has 1 aromatic carbocycles. The van der Waals surface area contributed by atoms with E-state index in [4.69, 9.17) is 0 Å². The Balaban J connectivity index is 2.28. The van der Waals surface area contributed by atoms with Crippen molar-refractivity contribution in [2.75, 3.05) is 5.32 Å². The summed E-state index contributed by atoms with van der Waals surface area (Å²) < 4.78 is 26.6. The fourth-order valence-electron chi connectivity index (χ4n) is 1.88. The molecule has 23 heavy (non-hydrogen) atoms. The zero-order valence-corrected chi connectivity index (χ0v) is 13.4. The molecule has 0 atom stereocenters. The van der Waals surface area contributed by atoms with Crippen LogP contribution in [-0.2, 0) is 0 Å². The average molecular weight is 320 g/mol. The van der Waals surface area contributed by atoms with Crippen molar-refractivity contribution in [1.29, 1.82) is 0 Å². The molecule has 0 unspecified atom stereocenters. The Hall–Kier alpha value is -2.57. The molecule has 7 heteroatoms. The monoisotopic (exact) mass is 320 g/mol. The van der Waals surface area contributed by atoms with Crippen molar-refractivity contribution in [2.24, 2.45) is 0 Å². The van der Waals surface area contributed by atoms with Crippen LogP contribution in [0.3, 0.4) is 0 Å². The zero-order chi connectivity index (χ0) is 17.2. The minimum absolute atomic E-state index is 0.0617. The minimum atomic E-state index is -0.748. The van der Waals surface area contributed by atoms with E-state index in [-0.39, 0.29) is 23.1 Å². The second-order valence-corrected chi connectivity index (χ2v) is 6.14.